The van der Waals surface area contributed by atoms with Crippen LogP contribution in [0.15, 0.2) is 42.5 Å². The molecule has 16 heavy (non-hydrogen) atoms. The number of hydrogen-bond acceptors (Lipinski definition) is 4. The Morgan fingerprint density at radius 1 is 1.19 bits per heavy atom. The maximum Gasteiger partial charge on any atom is 0.204 e. The predicted octanol–water partition coefficient (Wildman–Crippen LogP) is 1.83. The molecular formula is C11H12N4S. The van der Waals surface area contributed by atoms with Gasteiger partial charge in [-0.25, -0.2) is 0 Å². The molecule has 0 aliphatic carbocycles. The molecule has 0 spiro atoms. The van der Waals surface area contributed by atoms with Gasteiger partial charge in [-0.15, -0.1) is 10.2 Å². The normalized spacial score (nSPS) is 11.1. The summed E-state index contributed by atoms with van der Waals surface area (Å²) in [5.74, 6) is 1.38. The third-order valence-corrected chi connectivity index (χ3v) is 2.24. The van der Waals surface area contributed by atoms with Crippen molar-refractivity contribution in [2.75, 3.05) is 5.75 Å². The fraction of sp³-hybridized carbons (Fsp3) is 0.182. The first-order valence-electron chi connectivity index (χ1n) is 4.99. The van der Waals surface area contributed by atoms with E-state index in [2.05, 4.69) is 28.0 Å². The highest BCUT2D eigenvalue weighted by Gasteiger charge is 2.03. The Morgan fingerprint density at radius 3 is 2.75 bits per heavy atom. The summed E-state index contributed by atoms with van der Waals surface area (Å²) in [5, 5.41) is 12.2. The summed E-state index contributed by atoms with van der Waals surface area (Å²) in [6.07, 6.45) is 3.91. The van der Waals surface area contributed by atoms with Gasteiger partial charge in [0.2, 0.25) is 5.82 Å². The van der Waals surface area contributed by atoms with Crippen LogP contribution >= 0.6 is 12.6 Å². The molecule has 0 atom stereocenters. The van der Waals surface area contributed by atoms with Crippen molar-refractivity contribution in [1.29, 1.82) is 0 Å². The van der Waals surface area contributed by atoms with Gasteiger partial charge in [-0.05, 0) is 5.21 Å². The first kappa shape index (κ1) is 10.9. The summed E-state index contributed by atoms with van der Waals surface area (Å²) in [6, 6.07) is 9.80. The van der Waals surface area contributed by atoms with Crippen LogP contribution in [-0.4, -0.2) is 26.0 Å². The zero-order chi connectivity index (χ0) is 11.2. The molecule has 0 fully saturated rings. The number of hydrogen-bond donors (Lipinski definition) is 1. The van der Waals surface area contributed by atoms with E-state index in [4.69, 9.17) is 0 Å². The lowest BCUT2D eigenvalue weighted by atomic mass is 10.2. The van der Waals surface area contributed by atoms with Crippen LogP contribution in [0.2, 0.25) is 0 Å². The Morgan fingerprint density at radius 2 is 2.00 bits per heavy atom. The zero-order valence-electron chi connectivity index (χ0n) is 8.69. The van der Waals surface area contributed by atoms with E-state index in [9.17, 15) is 0 Å². The van der Waals surface area contributed by atoms with Crippen LogP contribution in [0.5, 0.6) is 0 Å². The van der Waals surface area contributed by atoms with Crippen LogP contribution in [0, 0.1) is 0 Å². The molecule has 0 aliphatic rings. The molecule has 2 aromatic rings. The predicted molar refractivity (Wildman–Crippen MR) is 66.2 cm³/mol. The molecule has 0 radical (unpaired) electrons. The van der Waals surface area contributed by atoms with Crippen LogP contribution in [0.1, 0.15) is 0 Å². The fourth-order valence-corrected chi connectivity index (χ4v) is 1.42. The summed E-state index contributed by atoms with van der Waals surface area (Å²) < 4.78 is 0. The number of rotatable bonds is 4. The van der Waals surface area contributed by atoms with Gasteiger partial charge >= 0.3 is 0 Å². The topological polar surface area (TPSA) is 43.6 Å². The minimum atomic E-state index is 0.625. The molecule has 0 saturated carbocycles. The van der Waals surface area contributed by atoms with Gasteiger partial charge in [0.1, 0.15) is 0 Å². The lowest BCUT2D eigenvalue weighted by Gasteiger charge is -1.92. The van der Waals surface area contributed by atoms with Gasteiger partial charge in [0.15, 0.2) is 0 Å². The standard InChI is InChI=1S/C11H12N4S/c16-9-5-4-8-15-13-11(12-14-15)10-6-2-1-3-7-10/h1-7,16H,8-9H2. The molecule has 0 aliphatic heterocycles. The number of aromatic nitrogens is 4. The first-order valence-corrected chi connectivity index (χ1v) is 5.62. The van der Waals surface area contributed by atoms with Crippen LogP contribution in [-0.2, 0) is 6.54 Å². The Labute approximate surface area is 99.4 Å². The number of benzene rings is 1. The van der Waals surface area contributed by atoms with Crippen LogP contribution in [0.3, 0.4) is 0 Å². The molecular weight excluding hydrogens is 220 g/mol. The zero-order valence-corrected chi connectivity index (χ0v) is 9.59. The molecule has 4 nitrogen and oxygen atoms in total. The molecule has 0 saturated heterocycles. The van der Waals surface area contributed by atoms with Crippen molar-refractivity contribution in [3.63, 3.8) is 0 Å². The molecule has 0 N–H and O–H groups in total. The summed E-state index contributed by atoms with van der Waals surface area (Å²) in [5.41, 5.74) is 0.979. The second-order valence-corrected chi connectivity index (χ2v) is 3.55. The fourth-order valence-electron chi connectivity index (χ4n) is 1.27. The highest BCUT2D eigenvalue weighted by atomic mass is 32.1. The minimum Gasteiger partial charge on any atom is -0.175 e. The van der Waals surface area contributed by atoms with E-state index in [1.54, 1.807) is 4.80 Å². The largest absolute Gasteiger partial charge is 0.204 e. The average Bonchev–Trinajstić information content (AvgIpc) is 2.79. The molecule has 82 valence electrons. The van der Waals surface area contributed by atoms with E-state index in [1.165, 1.54) is 0 Å². The van der Waals surface area contributed by atoms with E-state index in [0.29, 0.717) is 12.4 Å². The van der Waals surface area contributed by atoms with E-state index in [0.717, 1.165) is 11.3 Å². The van der Waals surface area contributed by atoms with Crippen LogP contribution < -0.4 is 0 Å². The van der Waals surface area contributed by atoms with Crippen molar-refractivity contribution in [2.45, 2.75) is 6.54 Å². The van der Waals surface area contributed by atoms with Gasteiger partial charge < -0.3 is 0 Å². The van der Waals surface area contributed by atoms with Crippen molar-refractivity contribution >= 4 is 12.6 Å². The van der Waals surface area contributed by atoms with Crippen molar-refractivity contribution in [3.05, 3.63) is 42.5 Å². The maximum atomic E-state index is 4.27. The smallest absolute Gasteiger partial charge is 0.175 e. The van der Waals surface area contributed by atoms with Crippen molar-refractivity contribution in [3.8, 4) is 11.4 Å². The van der Waals surface area contributed by atoms with Crippen LogP contribution in [0.25, 0.3) is 11.4 Å². The Bertz CT molecular complexity index is 464. The maximum absolute atomic E-state index is 4.27. The highest BCUT2D eigenvalue weighted by Crippen LogP contribution is 2.11. The van der Waals surface area contributed by atoms with E-state index in [-0.39, 0.29) is 0 Å². The Balaban J connectivity index is 2.11. The van der Waals surface area contributed by atoms with Gasteiger partial charge in [-0.2, -0.15) is 17.4 Å². The third kappa shape index (κ3) is 2.70. The van der Waals surface area contributed by atoms with Crippen molar-refractivity contribution < 1.29 is 0 Å². The number of tetrazole rings is 1. The summed E-state index contributed by atoms with van der Waals surface area (Å²) in [4.78, 5) is 1.56. The molecule has 5 heteroatoms. The summed E-state index contributed by atoms with van der Waals surface area (Å²) in [6.45, 7) is 0.625. The molecule has 2 rings (SSSR count). The lowest BCUT2D eigenvalue weighted by molar-refractivity contribution is 0.582. The summed E-state index contributed by atoms with van der Waals surface area (Å²) >= 11 is 4.08. The second-order valence-electron chi connectivity index (χ2n) is 3.19. The minimum absolute atomic E-state index is 0.625. The summed E-state index contributed by atoms with van der Waals surface area (Å²) in [7, 11) is 0. The van der Waals surface area contributed by atoms with Gasteiger partial charge in [-0.3, -0.25) is 0 Å². The lowest BCUT2D eigenvalue weighted by Crippen LogP contribution is -1.99. The Hall–Kier alpha value is -1.62. The molecule has 1 aromatic heterocycles. The average molecular weight is 232 g/mol. The molecule has 1 aromatic carbocycles. The highest BCUT2D eigenvalue weighted by molar-refractivity contribution is 7.80. The van der Waals surface area contributed by atoms with E-state index < -0.39 is 0 Å². The number of allylic oxidation sites excluding steroid dienone is 1. The quantitative estimate of drug-likeness (QED) is 0.646. The van der Waals surface area contributed by atoms with Crippen LogP contribution in [0.4, 0.5) is 0 Å². The first-order chi connectivity index (χ1) is 7.90. The van der Waals surface area contributed by atoms with E-state index >= 15 is 0 Å². The Kier molecular flexibility index (Phi) is 3.71. The second kappa shape index (κ2) is 5.46. The van der Waals surface area contributed by atoms with Gasteiger partial charge in [0, 0.05) is 11.3 Å². The number of nitrogens with zero attached hydrogens (tertiary/aromatic N) is 4. The monoisotopic (exact) mass is 232 g/mol. The molecule has 0 amide bonds. The van der Waals surface area contributed by atoms with Crippen molar-refractivity contribution in [1.82, 2.24) is 20.2 Å². The third-order valence-electron chi connectivity index (χ3n) is 2.03. The molecule has 0 bridgehead atoms. The molecule has 0 unspecified atom stereocenters. The van der Waals surface area contributed by atoms with E-state index in [1.807, 2.05) is 42.5 Å². The SMILES string of the molecule is SCC=CCn1nnc(-c2ccccc2)n1. The van der Waals surface area contributed by atoms with Gasteiger partial charge in [-0.1, -0.05) is 42.5 Å². The van der Waals surface area contributed by atoms with Gasteiger partial charge in [0.25, 0.3) is 0 Å². The number of thiol groups is 1. The van der Waals surface area contributed by atoms with Crippen molar-refractivity contribution in [2.24, 2.45) is 0 Å². The van der Waals surface area contributed by atoms with Gasteiger partial charge in [0.05, 0.1) is 6.54 Å². The molecule has 1 heterocycles.